The third kappa shape index (κ3) is 5.07. The zero-order chi connectivity index (χ0) is 22.5. The minimum atomic E-state index is 0.0216. The van der Waals surface area contributed by atoms with Crippen LogP contribution in [0.1, 0.15) is 52.5 Å². The number of para-hydroxylation sites is 1. The first-order chi connectivity index (χ1) is 15.5. The molecule has 0 spiro atoms. The summed E-state index contributed by atoms with van der Waals surface area (Å²) in [4.78, 5) is 32.0. The number of benzene rings is 2. The first kappa shape index (κ1) is 22.2. The lowest BCUT2D eigenvalue weighted by atomic mass is 9.97. The number of methoxy groups -OCH3 is 1. The van der Waals surface area contributed by atoms with Crippen LogP contribution in [-0.2, 0) is 4.79 Å². The number of aryl methyl sites for hydroxylation is 1. The van der Waals surface area contributed by atoms with Crippen LogP contribution in [0.2, 0.25) is 0 Å². The van der Waals surface area contributed by atoms with Crippen LogP contribution in [0.3, 0.4) is 0 Å². The lowest BCUT2D eigenvalue weighted by Crippen LogP contribution is -2.39. The van der Waals surface area contributed by atoms with Gasteiger partial charge in [-0.15, -0.1) is 11.3 Å². The number of ether oxygens (including phenoxy) is 1. The van der Waals surface area contributed by atoms with Crippen molar-refractivity contribution < 1.29 is 14.3 Å². The second-order valence-electron chi connectivity index (χ2n) is 8.24. The number of carbonyl (C=O) groups is 2. The first-order valence-electron chi connectivity index (χ1n) is 11.0. The predicted molar refractivity (Wildman–Crippen MR) is 127 cm³/mol. The standard InChI is InChI=1S/C26H28N2O3S/c1-18-9-11-19(12-10-18)23(29)13-14-25(30)28-15-5-6-20(16-28)26-27-22(17-32-26)21-7-3-4-8-24(21)31-2/h3-4,7-12,17,20H,5-6,13-16H2,1-2H3. The number of amides is 1. The highest BCUT2D eigenvalue weighted by molar-refractivity contribution is 7.10. The fraction of sp³-hybridized carbons (Fsp3) is 0.346. The number of nitrogens with zero attached hydrogens (tertiary/aromatic N) is 2. The van der Waals surface area contributed by atoms with Gasteiger partial charge in [-0.25, -0.2) is 4.98 Å². The highest BCUT2D eigenvalue weighted by atomic mass is 32.1. The lowest BCUT2D eigenvalue weighted by Gasteiger charge is -2.32. The maximum absolute atomic E-state index is 12.8. The quantitative estimate of drug-likeness (QED) is 0.448. The number of rotatable bonds is 7. The molecule has 1 saturated heterocycles. The molecule has 5 nitrogen and oxygen atoms in total. The highest BCUT2D eigenvalue weighted by Gasteiger charge is 2.27. The van der Waals surface area contributed by atoms with Crippen LogP contribution in [0, 0.1) is 6.92 Å². The van der Waals surface area contributed by atoms with Crippen molar-refractivity contribution in [2.75, 3.05) is 20.2 Å². The Morgan fingerprint density at radius 2 is 1.91 bits per heavy atom. The Labute approximate surface area is 193 Å². The Balaban J connectivity index is 1.37. The fourth-order valence-electron chi connectivity index (χ4n) is 4.12. The molecule has 6 heteroatoms. The van der Waals surface area contributed by atoms with E-state index >= 15 is 0 Å². The molecule has 0 radical (unpaired) electrons. The Bertz CT molecular complexity index is 1090. The number of ketones is 1. The Morgan fingerprint density at radius 1 is 1.12 bits per heavy atom. The number of hydrogen-bond donors (Lipinski definition) is 0. The number of carbonyl (C=O) groups excluding carboxylic acids is 2. The number of aromatic nitrogens is 1. The average molecular weight is 449 g/mol. The number of piperidine rings is 1. The molecule has 1 fully saturated rings. The molecule has 1 aliphatic rings. The van der Waals surface area contributed by atoms with Gasteiger partial charge in [0.15, 0.2) is 5.78 Å². The van der Waals surface area contributed by atoms with Crippen molar-refractivity contribution in [2.24, 2.45) is 0 Å². The second-order valence-corrected chi connectivity index (χ2v) is 9.13. The van der Waals surface area contributed by atoms with Gasteiger partial charge in [0.25, 0.3) is 0 Å². The zero-order valence-electron chi connectivity index (χ0n) is 18.5. The fourth-order valence-corrected chi connectivity index (χ4v) is 5.07. The summed E-state index contributed by atoms with van der Waals surface area (Å²) in [5, 5.41) is 3.12. The van der Waals surface area contributed by atoms with E-state index in [4.69, 9.17) is 9.72 Å². The molecule has 4 rings (SSSR count). The Hall–Kier alpha value is -2.99. The molecule has 0 bridgehead atoms. The third-order valence-corrected chi connectivity index (χ3v) is 6.97. The van der Waals surface area contributed by atoms with Crippen molar-refractivity contribution in [1.29, 1.82) is 0 Å². The van der Waals surface area contributed by atoms with Crippen molar-refractivity contribution in [2.45, 2.75) is 38.5 Å². The summed E-state index contributed by atoms with van der Waals surface area (Å²) in [5.74, 6) is 1.11. The molecule has 1 unspecified atom stereocenters. The average Bonchev–Trinajstić information content (AvgIpc) is 3.33. The van der Waals surface area contributed by atoms with Gasteiger partial charge in [0, 0.05) is 48.4 Å². The number of thiazole rings is 1. The molecule has 0 saturated carbocycles. The van der Waals surface area contributed by atoms with Gasteiger partial charge in [0.05, 0.1) is 17.8 Å². The molecule has 1 aliphatic heterocycles. The number of hydrogen-bond acceptors (Lipinski definition) is 5. The van der Waals surface area contributed by atoms with E-state index in [0.717, 1.165) is 47.0 Å². The van der Waals surface area contributed by atoms with Crippen LogP contribution in [0.15, 0.2) is 53.9 Å². The normalized spacial score (nSPS) is 16.1. The van der Waals surface area contributed by atoms with Gasteiger partial charge in [-0.05, 0) is 31.9 Å². The zero-order valence-corrected chi connectivity index (χ0v) is 19.4. The van der Waals surface area contributed by atoms with Crippen molar-refractivity contribution in [3.8, 4) is 17.0 Å². The van der Waals surface area contributed by atoms with Crippen LogP contribution in [0.4, 0.5) is 0 Å². The Morgan fingerprint density at radius 3 is 2.69 bits per heavy atom. The molecule has 3 aromatic rings. The molecule has 1 atom stereocenters. The van der Waals surface area contributed by atoms with E-state index in [1.807, 2.05) is 60.4 Å². The van der Waals surface area contributed by atoms with Gasteiger partial charge in [-0.1, -0.05) is 42.0 Å². The molecule has 0 aliphatic carbocycles. The van der Waals surface area contributed by atoms with Crippen molar-refractivity contribution in [1.82, 2.24) is 9.88 Å². The monoisotopic (exact) mass is 448 g/mol. The largest absolute Gasteiger partial charge is 0.496 e. The van der Waals surface area contributed by atoms with E-state index in [1.165, 1.54) is 0 Å². The van der Waals surface area contributed by atoms with Gasteiger partial charge in [0.2, 0.25) is 5.91 Å². The third-order valence-electron chi connectivity index (χ3n) is 5.97. The minimum absolute atomic E-state index is 0.0216. The first-order valence-corrected chi connectivity index (χ1v) is 11.9. The topological polar surface area (TPSA) is 59.5 Å². The van der Waals surface area contributed by atoms with E-state index < -0.39 is 0 Å². The van der Waals surface area contributed by atoms with Gasteiger partial charge >= 0.3 is 0 Å². The van der Waals surface area contributed by atoms with E-state index in [0.29, 0.717) is 12.1 Å². The maximum atomic E-state index is 12.8. The molecule has 2 heterocycles. The maximum Gasteiger partial charge on any atom is 0.223 e. The molecule has 32 heavy (non-hydrogen) atoms. The van der Waals surface area contributed by atoms with Gasteiger partial charge in [-0.3, -0.25) is 9.59 Å². The summed E-state index contributed by atoms with van der Waals surface area (Å²) < 4.78 is 5.47. The summed E-state index contributed by atoms with van der Waals surface area (Å²) in [6.07, 6.45) is 2.47. The molecule has 2 aromatic carbocycles. The lowest BCUT2D eigenvalue weighted by molar-refractivity contribution is -0.132. The van der Waals surface area contributed by atoms with Gasteiger partial charge in [-0.2, -0.15) is 0 Å². The molecule has 1 aromatic heterocycles. The van der Waals surface area contributed by atoms with E-state index in [-0.39, 0.29) is 30.4 Å². The summed E-state index contributed by atoms with van der Waals surface area (Å²) in [7, 11) is 1.67. The predicted octanol–water partition coefficient (Wildman–Crippen LogP) is 5.50. The van der Waals surface area contributed by atoms with Crippen LogP contribution in [0.25, 0.3) is 11.3 Å². The summed E-state index contributed by atoms with van der Waals surface area (Å²) in [6, 6.07) is 15.4. The molecule has 166 valence electrons. The SMILES string of the molecule is COc1ccccc1-c1csc(C2CCCN(C(=O)CCC(=O)c3ccc(C)cc3)C2)n1. The number of likely N-dealkylation sites (tertiary alicyclic amines) is 1. The van der Waals surface area contributed by atoms with Gasteiger partial charge < -0.3 is 9.64 Å². The number of Topliss-reactive ketones (excluding diaryl/α,β-unsaturated/α-hetero) is 1. The molecular weight excluding hydrogens is 420 g/mol. The second kappa shape index (κ2) is 10.1. The van der Waals surface area contributed by atoms with Crippen LogP contribution < -0.4 is 4.74 Å². The van der Waals surface area contributed by atoms with E-state index in [1.54, 1.807) is 18.4 Å². The van der Waals surface area contributed by atoms with Crippen LogP contribution in [-0.4, -0.2) is 41.8 Å². The van der Waals surface area contributed by atoms with Crippen molar-refractivity contribution >= 4 is 23.0 Å². The minimum Gasteiger partial charge on any atom is -0.496 e. The summed E-state index contributed by atoms with van der Waals surface area (Å²) in [5.41, 5.74) is 3.69. The van der Waals surface area contributed by atoms with E-state index in [2.05, 4.69) is 5.38 Å². The Kier molecular flexibility index (Phi) is 7.00. The van der Waals surface area contributed by atoms with Gasteiger partial charge in [0.1, 0.15) is 5.75 Å². The van der Waals surface area contributed by atoms with Crippen LogP contribution >= 0.6 is 11.3 Å². The van der Waals surface area contributed by atoms with Crippen molar-refractivity contribution in [3.05, 3.63) is 70.0 Å². The summed E-state index contributed by atoms with van der Waals surface area (Å²) in [6.45, 7) is 3.40. The summed E-state index contributed by atoms with van der Waals surface area (Å²) >= 11 is 1.64. The molecule has 0 N–H and O–H groups in total. The van der Waals surface area contributed by atoms with Crippen LogP contribution in [0.5, 0.6) is 5.75 Å². The van der Waals surface area contributed by atoms with E-state index in [9.17, 15) is 9.59 Å². The smallest absolute Gasteiger partial charge is 0.223 e. The van der Waals surface area contributed by atoms with Crippen molar-refractivity contribution in [3.63, 3.8) is 0 Å². The molecule has 1 amide bonds. The highest BCUT2D eigenvalue weighted by Crippen LogP contribution is 2.35. The molecular formula is C26H28N2O3S.